The lowest BCUT2D eigenvalue weighted by Crippen LogP contribution is -2.51. The number of likely N-dealkylation sites (tertiary alicyclic amines) is 1. The molecule has 1 atom stereocenters. The third kappa shape index (κ3) is 1.17. The fraction of sp³-hybridized carbons (Fsp3) is 0.429. The number of nitrogens with zero attached hydrogens (tertiary/aromatic N) is 2. The van der Waals surface area contributed by atoms with Gasteiger partial charge in [-0.25, -0.2) is 4.79 Å². The molecule has 1 aliphatic heterocycles. The SMILES string of the molecule is C[C@@H]1C(=CC#N)CN1C(=O)O. The molecule has 0 aliphatic carbocycles. The highest BCUT2D eigenvalue weighted by molar-refractivity contribution is 5.69. The summed E-state index contributed by atoms with van der Waals surface area (Å²) in [5.41, 5.74) is 0.884. The molecule has 0 aromatic rings. The monoisotopic (exact) mass is 152 g/mol. The summed E-state index contributed by atoms with van der Waals surface area (Å²) >= 11 is 0. The van der Waals surface area contributed by atoms with Crippen LogP contribution in [0.15, 0.2) is 11.6 Å². The molecule has 4 heteroatoms. The lowest BCUT2D eigenvalue weighted by molar-refractivity contribution is 0.116. The molecule has 0 radical (unpaired) electrons. The minimum atomic E-state index is -0.924. The Labute approximate surface area is 64.3 Å². The van der Waals surface area contributed by atoms with Crippen molar-refractivity contribution < 1.29 is 9.90 Å². The molecule has 1 amide bonds. The number of rotatable bonds is 0. The van der Waals surface area contributed by atoms with Crippen LogP contribution in [0.2, 0.25) is 0 Å². The molecule has 58 valence electrons. The highest BCUT2D eigenvalue weighted by atomic mass is 16.4. The van der Waals surface area contributed by atoms with E-state index in [0.717, 1.165) is 5.57 Å². The van der Waals surface area contributed by atoms with Crippen LogP contribution in [0, 0.1) is 11.3 Å². The van der Waals surface area contributed by atoms with Gasteiger partial charge in [0.2, 0.25) is 0 Å². The Balaban J connectivity index is 2.59. The number of carboxylic acid groups (broad SMARTS) is 1. The molecule has 4 nitrogen and oxygen atoms in total. The Morgan fingerprint density at radius 3 is 3.00 bits per heavy atom. The Hall–Kier alpha value is -1.50. The lowest BCUT2D eigenvalue weighted by Gasteiger charge is -2.38. The number of hydrogen-bond acceptors (Lipinski definition) is 2. The van der Waals surface area contributed by atoms with Crippen LogP contribution in [0.1, 0.15) is 6.92 Å². The summed E-state index contributed by atoms with van der Waals surface area (Å²) in [4.78, 5) is 11.6. The van der Waals surface area contributed by atoms with Crippen LogP contribution >= 0.6 is 0 Å². The third-order valence-corrected chi connectivity index (χ3v) is 1.85. The van der Waals surface area contributed by atoms with Crippen molar-refractivity contribution in [3.8, 4) is 6.07 Å². The fourth-order valence-electron chi connectivity index (χ4n) is 1.04. The summed E-state index contributed by atoms with van der Waals surface area (Å²) in [5.74, 6) is 0. The molecule has 1 rings (SSSR count). The van der Waals surface area contributed by atoms with E-state index in [0.29, 0.717) is 6.54 Å². The maximum atomic E-state index is 10.4. The molecule has 0 bridgehead atoms. The molecule has 1 fully saturated rings. The zero-order chi connectivity index (χ0) is 8.43. The summed E-state index contributed by atoms with van der Waals surface area (Å²) < 4.78 is 0. The van der Waals surface area contributed by atoms with Crippen LogP contribution in [-0.4, -0.2) is 28.7 Å². The first-order chi connectivity index (χ1) is 5.16. The van der Waals surface area contributed by atoms with Gasteiger partial charge >= 0.3 is 6.09 Å². The molecule has 0 aromatic carbocycles. The van der Waals surface area contributed by atoms with Crippen molar-refractivity contribution in [2.24, 2.45) is 0 Å². The lowest BCUT2D eigenvalue weighted by atomic mass is 9.98. The minimum absolute atomic E-state index is 0.118. The Kier molecular flexibility index (Phi) is 1.81. The van der Waals surface area contributed by atoms with Gasteiger partial charge in [-0.15, -0.1) is 0 Å². The number of hydrogen-bond donors (Lipinski definition) is 1. The van der Waals surface area contributed by atoms with Gasteiger partial charge in [0.15, 0.2) is 0 Å². The first-order valence-electron chi connectivity index (χ1n) is 3.25. The van der Waals surface area contributed by atoms with Gasteiger partial charge in [-0.1, -0.05) is 0 Å². The van der Waals surface area contributed by atoms with Gasteiger partial charge in [-0.3, -0.25) is 4.90 Å². The first kappa shape index (κ1) is 7.61. The van der Waals surface area contributed by atoms with Crippen LogP contribution in [0.25, 0.3) is 0 Å². The number of amides is 1. The maximum Gasteiger partial charge on any atom is 0.408 e. The van der Waals surface area contributed by atoms with E-state index in [1.807, 2.05) is 6.07 Å². The van der Waals surface area contributed by atoms with Gasteiger partial charge < -0.3 is 5.11 Å². The van der Waals surface area contributed by atoms with Crippen LogP contribution in [0.4, 0.5) is 4.79 Å². The molecule has 0 aromatic heterocycles. The van der Waals surface area contributed by atoms with E-state index in [1.54, 1.807) is 6.92 Å². The molecular formula is C7H8N2O2. The zero-order valence-corrected chi connectivity index (χ0v) is 6.11. The van der Waals surface area contributed by atoms with Gasteiger partial charge in [-0.2, -0.15) is 5.26 Å². The standard InChI is InChI=1S/C7H8N2O2/c1-5-6(2-3-8)4-9(5)7(10)11/h2,5H,4H2,1H3,(H,10,11)/t5-/m1/s1. The molecular weight excluding hydrogens is 144 g/mol. The van der Waals surface area contributed by atoms with Gasteiger partial charge in [0.05, 0.1) is 12.1 Å². The molecule has 1 N–H and O–H groups in total. The summed E-state index contributed by atoms with van der Waals surface area (Å²) in [6.45, 7) is 2.14. The average molecular weight is 152 g/mol. The van der Waals surface area contributed by atoms with E-state index < -0.39 is 6.09 Å². The minimum Gasteiger partial charge on any atom is -0.465 e. The summed E-state index contributed by atoms with van der Waals surface area (Å²) in [5, 5.41) is 16.8. The Bertz CT molecular complexity index is 252. The molecule has 0 spiro atoms. The number of carbonyl (C=O) groups is 1. The third-order valence-electron chi connectivity index (χ3n) is 1.85. The topological polar surface area (TPSA) is 64.3 Å². The van der Waals surface area contributed by atoms with E-state index in [4.69, 9.17) is 10.4 Å². The predicted octanol–water partition coefficient (Wildman–Crippen LogP) is 0.818. The number of nitriles is 1. The summed E-state index contributed by atoms with van der Waals surface area (Å²) in [6, 6.07) is 1.76. The van der Waals surface area contributed by atoms with Gasteiger partial charge in [0, 0.05) is 12.6 Å². The first-order valence-corrected chi connectivity index (χ1v) is 3.25. The van der Waals surface area contributed by atoms with Crippen LogP contribution in [0.5, 0.6) is 0 Å². The van der Waals surface area contributed by atoms with E-state index in [1.165, 1.54) is 11.0 Å². The second-order valence-corrected chi connectivity index (χ2v) is 2.43. The number of allylic oxidation sites excluding steroid dienone is 1. The smallest absolute Gasteiger partial charge is 0.408 e. The van der Waals surface area contributed by atoms with Crippen LogP contribution in [0.3, 0.4) is 0 Å². The fourth-order valence-corrected chi connectivity index (χ4v) is 1.04. The highest BCUT2D eigenvalue weighted by Crippen LogP contribution is 2.22. The maximum absolute atomic E-state index is 10.4. The molecule has 11 heavy (non-hydrogen) atoms. The van der Waals surface area contributed by atoms with Gasteiger partial charge in [0.1, 0.15) is 0 Å². The van der Waals surface area contributed by atoms with Crippen LogP contribution in [-0.2, 0) is 0 Å². The normalized spacial score (nSPS) is 26.0. The largest absolute Gasteiger partial charge is 0.465 e. The predicted molar refractivity (Wildman–Crippen MR) is 37.9 cm³/mol. The van der Waals surface area contributed by atoms with E-state index in [2.05, 4.69) is 0 Å². The summed E-state index contributed by atoms with van der Waals surface area (Å²) in [6.07, 6.45) is 0.483. The van der Waals surface area contributed by atoms with Crippen molar-refractivity contribution in [3.63, 3.8) is 0 Å². The van der Waals surface area contributed by atoms with Crippen molar-refractivity contribution >= 4 is 6.09 Å². The molecule has 1 saturated heterocycles. The van der Waals surface area contributed by atoms with Crippen molar-refractivity contribution in [2.75, 3.05) is 6.54 Å². The second kappa shape index (κ2) is 2.62. The molecule has 0 saturated carbocycles. The van der Waals surface area contributed by atoms with E-state index in [9.17, 15) is 4.79 Å². The molecule has 1 heterocycles. The zero-order valence-electron chi connectivity index (χ0n) is 6.11. The van der Waals surface area contributed by atoms with Gasteiger partial charge in [-0.05, 0) is 12.5 Å². The average Bonchev–Trinajstić information content (AvgIpc) is 1.95. The van der Waals surface area contributed by atoms with Gasteiger partial charge in [0.25, 0.3) is 0 Å². The Morgan fingerprint density at radius 2 is 2.64 bits per heavy atom. The van der Waals surface area contributed by atoms with Crippen LogP contribution < -0.4 is 0 Å². The second-order valence-electron chi connectivity index (χ2n) is 2.43. The highest BCUT2D eigenvalue weighted by Gasteiger charge is 2.32. The van der Waals surface area contributed by atoms with Crippen molar-refractivity contribution in [2.45, 2.75) is 13.0 Å². The van der Waals surface area contributed by atoms with E-state index >= 15 is 0 Å². The Morgan fingerprint density at radius 1 is 2.00 bits per heavy atom. The van der Waals surface area contributed by atoms with Crippen molar-refractivity contribution in [1.82, 2.24) is 4.90 Å². The summed E-state index contributed by atoms with van der Waals surface area (Å²) in [7, 11) is 0. The van der Waals surface area contributed by atoms with E-state index in [-0.39, 0.29) is 6.04 Å². The van der Waals surface area contributed by atoms with Crippen molar-refractivity contribution in [1.29, 1.82) is 5.26 Å². The molecule has 1 aliphatic rings. The quantitative estimate of drug-likeness (QED) is 0.522. The van der Waals surface area contributed by atoms with Crippen molar-refractivity contribution in [3.05, 3.63) is 11.6 Å². The molecule has 0 unspecified atom stereocenters.